The minimum absolute atomic E-state index is 0.223. The Morgan fingerprint density at radius 1 is 1.27 bits per heavy atom. The Bertz CT molecular complexity index is 890. The average molecular weight is 371 g/mol. The molecule has 0 fully saturated rings. The van der Waals surface area contributed by atoms with Gasteiger partial charge >= 0.3 is 5.97 Å². The fourth-order valence-electron chi connectivity index (χ4n) is 2.10. The van der Waals surface area contributed by atoms with Crippen molar-refractivity contribution in [3.8, 4) is 11.4 Å². The van der Waals surface area contributed by atoms with Crippen molar-refractivity contribution in [1.29, 1.82) is 0 Å². The molecule has 0 unspecified atom stereocenters. The van der Waals surface area contributed by atoms with Gasteiger partial charge in [0.2, 0.25) is 5.82 Å². The highest BCUT2D eigenvalue weighted by atomic mass is 32.1. The number of rotatable bonds is 6. The summed E-state index contributed by atoms with van der Waals surface area (Å²) in [5, 5.41) is 18.3. The van der Waals surface area contributed by atoms with E-state index in [1.165, 1.54) is 18.3 Å². The van der Waals surface area contributed by atoms with Gasteiger partial charge in [-0.3, -0.25) is 4.79 Å². The van der Waals surface area contributed by atoms with Crippen molar-refractivity contribution < 1.29 is 14.3 Å². The smallest absolute Gasteiger partial charge is 0.330 e. The second-order valence-electron chi connectivity index (χ2n) is 5.64. The van der Waals surface area contributed by atoms with Gasteiger partial charge in [-0.2, -0.15) is 16.1 Å². The number of carbonyl (C=O) groups excluding carboxylic acids is 2. The number of hydrogen-bond acceptors (Lipinski definition) is 7. The van der Waals surface area contributed by atoms with Crippen molar-refractivity contribution >= 4 is 28.9 Å². The van der Waals surface area contributed by atoms with Crippen LogP contribution < -0.4 is 5.32 Å². The lowest BCUT2D eigenvalue weighted by atomic mass is 10.2. The largest absolute Gasteiger partial charge is 0.451 e. The Morgan fingerprint density at radius 2 is 2.04 bits per heavy atom. The standard InChI is InChI=1S/C17H17N5O3S/c1-11-3-5-14(6-4-11)18-17(24)12(2)25-15(23)9-22-20-16(19-21-22)13-7-8-26-10-13/h3-8,10,12H,9H2,1-2H3,(H,18,24)/t12-/m0/s1. The van der Waals surface area contributed by atoms with Gasteiger partial charge in [0.15, 0.2) is 12.6 Å². The molecule has 8 nitrogen and oxygen atoms in total. The predicted octanol–water partition coefficient (Wildman–Crippen LogP) is 2.28. The quantitative estimate of drug-likeness (QED) is 0.668. The monoisotopic (exact) mass is 371 g/mol. The number of amides is 1. The Balaban J connectivity index is 1.52. The van der Waals surface area contributed by atoms with Gasteiger partial charge in [-0.25, -0.2) is 4.79 Å². The minimum atomic E-state index is -0.941. The number of anilines is 1. The summed E-state index contributed by atoms with van der Waals surface area (Å²) >= 11 is 1.52. The third-order valence-electron chi connectivity index (χ3n) is 3.50. The second-order valence-corrected chi connectivity index (χ2v) is 6.42. The summed E-state index contributed by atoms with van der Waals surface area (Å²) in [5.41, 5.74) is 2.56. The summed E-state index contributed by atoms with van der Waals surface area (Å²) in [4.78, 5) is 25.2. The molecule has 0 radical (unpaired) electrons. The maximum Gasteiger partial charge on any atom is 0.330 e. The molecule has 134 valence electrons. The van der Waals surface area contributed by atoms with Gasteiger partial charge in [0.05, 0.1) is 0 Å². The second kappa shape index (κ2) is 7.87. The maximum atomic E-state index is 12.1. The van der Waals surface area contributed by atoms with Crippen LogP contribution in [0.15, 0.2) is 41.1 Å². The fraction of sp³-hybridized carbons (Fsp3) is 0.235. The lowest BCUT2D eigenvalue weighted by Crippen LogP contribution is -2.31. The SMILES string of the molecule is Cc1ccc(NC(=O)[C@H](C)OC(=O)Cn2nnc(-c3ccsc3)n2)cc1. The summed E-state index contributed by atoms with van der Waals surface area (Å²) in [6, 6.07) is 9.20. The Hall–Kier alpha value is -3.07. The highest BCUT2D eigenvalue weighted by Gasteiger charge is 2.19. The van der Waals surface area contributed by atoms with Crippen LogP contribution in [0.3, 0.4) is 0 Å². The molecule has 2 aromatic heterocycles. The van der Waals surface area contributed by atoms with Gasteiger partial charge in [0.25, 0.3) is 5.91 Å². The first-order chi connectivity index (χ1) is 12.5. The summed E-state index contributed by atoms with van der Waals surface area (Å²) in [6.07, 6.45) is -0.941. The third kappa shape index (κ3) is 4.51. The van der Waals surface area contributed by atoms with Crippen LogP contribution in [0.4, 0.5) is 5.69 Å². The summed E-state index contributed by atoms with van der Waals surface area (Å²) in [5.74, 6) is -0.595. The van der Waals surface area contributed by atoms with Crippen molar-refractivity contribution in [3.05, 3.63) is 46.7 Å². The first kappa shape index (κ1) is 17.7. The van der Waals surface area contributed by atoms with Gasteiger partial charge in [-0.1, -0.05) is 17.7 Å². The van der Waals surface area contributed by atoms with Crippen LogP contribution in [0.25, 0.3) is 11.4 Å². The highest BCUT2D eigenvalue weighted by molar-refractivity contribution is 7.08. The number of ether oxygens (including phenoxy) is 1. The molecule has 0 saturated carbocycles. The van der Waals surface area contributed by atoms with Crippen LogP contribution in [-0.4, -0.2) is 38.2 Å². The van der Waals surface area contributed by atoms with E-state index in [0.29, 0.717) is 11.5 Å². The Labute approximate surface area is 153 Å². The first-order valence-electron chi connectivity index (χ1n) is 7.88. The zero-order chi connectivity index (χ0) is 18.5. The topological polar surface area (TPSA) is 99.0 Å². The molecule has 1 amide bonds. The number of tetrazole rings is 1. The number of benzene rings is 1. The number of thiophene rings is 1. The highest BCUT2D eigenvalue weighted by Crippen LogP contribution is 2.16. The van der Waals surface area contributed by atoms with Crippen LogP contribution in [0.2, 0.25) is 0 Å². The first-order valence-corrected chi connectivity index (χ1v) is 8.83. The van der Waals surface area contributed by atoms with E-state index in [9.17, 15) is 9.59 Å². The fourth-order valence-corrected chi connectivity index (χ4v) is 2.74. The molecule has 0 aliphatic heterocycles. The van der Waals surface area contributed by atoms with Crippen LogP contribution in [0.5, 0.6) is 0 Å². The lowest BCUT2D eigenvalue weighted by Gasteiger charge is -2.13. The molecule has 3 rings (SSSR count). The van der Waals surface area contributed by atoms with Crippen molar-refractivity contribution in [2.24, 2.45) is 0 Å². The number of aromatic nitrogens is 4. The van der Waals surface area contributed by atoms with Gasteiger partial charge in [0, 0.05) is 16.6 Å². The summed E-state index contributed by atoms with van der Waals surface area (Å²) in [6.45, 7) is 3.24. The summed E-state index contributed by atoms with van der Waals surface area (Å²) < 4.78 is 5.13. The van der Waals surface area contributed by atoms with E-state index in [4.69, 9.17) is 4.74 Å². The third-order valence-corrected chi connectivity index (χ3v) is 4.18. The van der Waals surface area contributed by atoms with E-state index in [2.05, 4.69) is 20.7 Å². The maximum absolute atomic E-state index is 12.1. The summed E-state index contributed by atoms with van der Waals surface area (Å²) in [7, 11) is 0. The zero-order valence-electron chi connectivity index (χ0n) is 14.2. The number of aryl methyl sites for hydroxylation is 1. The van der Waals surface area contributed by atoms with Crippen molar-refractivity contribution in [2.75, 3.05) is 5.32 Å². The number of esters is 1. The number of carbonyl (C=O) groups is 2. The number of hydrogen-bond donors (Lipinski definition) is 1. The average Bonchev–Trinajstić information content (AvgIpc) is 3.28. The van der Waals surface area contributed by atoms with Gasteiger partial charge in [-0.05, 0) is 42.6 Å². The van der Waals surface area contributed by atoms with E-state index >= 15 is 0 Å². The van der Waals surface area contributed by atoms with Crippen molar-refractivity contribution in [2.45, 2.75) is 26.5 Å². The number of nitrogens with one attached hydrogen (secondary N) is 1. The molecule has 0 saturated heterocycles. The van der Waals surface area contributed by atoms with E-state index in [-0.39, 0.29) is 6.54 Å². The van der Waals surface area contributed by atoms with E-state index in [0.717, 1.165) is 15.9 Å². The van der Waals surface area contributed by atoms with Crippen LogP contribution in [0.1, 0.15) is 12.5 Å². The molecular weight excluding hydrogens is 354 g/mol. The van der Waals surface area contributed by atoms with Crippen molar-refractivity contribution in [1.82, 2.24) is 20.2 Å². The predicted molar refractivity (Wildman–Crippen MR) is 96.5 cm³/mol. The zero-order valence-corrected chi connectivity index (χ0v) is 15.1. The van der Waals surface area contributed by atoms with Gasteiger partial charge in [0.1, 0.15) is 0 Å². The molecule has 26 heavy (non-hydrogen) atoms. The molecule has 1 N–H and O–H groups in total. The van der Waals surface area contributed by atoms with E-state index in [1.54, 1.807) is 12.1 Å². The molecule has 2 heterocycles. The van der Waals surface area contributed by atoms with Crippen LogP contribution in [-0.2, 0) is 20.9 Å². The molecule has 1 aromatic carbocycles. The molecule has 1 atom stereocenters. The van der Waals surface area contributed by atoms with Gasteiger partial charge < -0.3 is 10.1 Å². The van der Waals surface area contributed by atoms with Gasteiger partial charge in [-0.15, -0.1) is 10.2 Å². The lowest BCUT2D eigenvalue weighted by molar-refractivity contribution is -0.154. The van der Waals surface area contributed by atoms with E-state index < -0.39 is 18.0 Å². The Morgan fingerprint density at radius 3 is 2.73 bits per heavy atom. The normalized spacial score (nSPS) is 11.8. The molecular formula is C17H17N5O3S. The van der Waals surface area contributed by atoms with E-state index in [1.807, 2.05) is 35.9 Å². The number of nitrogens with zero attached hydrogens (tertiary/aromatic N) is 4. The van der Waals surface area contributed by atoms with Crippen molar-refractivity contribution in [3.63, 3.8) is 0 Å². The van der Waals surface area contributed by atoms with Crippen LogP contribution in [0, 0.1) is 6.92 Å². The molecule has 0 aliphatic carbocycles. The molecule has 0 bridgehead atoms. The molecule has 3 aromatic rings. The van der Waals surface area contributed by atoms with Crippen LogP contribution >= 0.6 is 11.3 Å². The Kier molecular flexibility index (Phi) is 5.37. The molecule has 9 heteroatoms. The molecule has 0 aliphatic rings. The minimum Gasteiger partial charge on any atom is -0.451 e. The molecule has 0 spiro atoms.